The monoisotopic (exact) mass is 305 g/mol. The smallest absolute Gasteiger partial charge is 0.306 e. The maximum atomic E-state index is 12.4. The molecule has 0 aliphatic carbocycles. The van der Waals surface area contributed by atoms with E-state index in [9.17, 15) is 9.59 Å². The molecule has 0 aliphatic heterocycles. The van der Waals surface area contributed by atoms with Crippen molar-refractivity contribution in [2.24, 2.45) is 0 Å². The molecule has 22 heavy (non-hydrogen) atoms. The van der Waals surface area contributed by atoms with Gasteiger partial charge in [-0.2, -0.15) is 0 Å². The Hall–Kier alpha value is -1.84. The molecule has 0 saturated heterocycles. The van der Waals surface area contributed by atoms with E-state index in [0.717, 1.165) is 5.56 Å². The summed E-state index contributed by atoms with van der Waals surface area (Å²) in [5.74, 6) is -0.353. The van der Waals surface area contributed by atoms with Crippen LogP contribution < -0.4 is 0 Å². The zero-order valence-corrected chi connectivity index (χ0v) is 14.3. The zero-order valence-electron chi connectivity index (χ0n) is 14.3. The topological polar surface area (TPSA) is 46.6 Å². The Morgan fingerprint density at radius 1 is 1.14 bits per heavy atom. The number of rotatable bonds is 6. The second kappa shape index (κ2) is 7.97. The van der Waals surface area contributed by atoms with Crippen molar-refractivity contribution in [1.82, 2.24) is 4.90 Å². The van der Waals surface area contributed by atoms with Crippen LogP contribution in [0.3, 0.4) is 0 Å². The van der Waals surface area contributed by atoms with E-state index >= 15 is 0 Å². The maximum absolute atomic E-state index is 12.4. The zero-order chi connectivity index (χ0) is 16.8. The van der Waals surface area contributed by atoms with Gasteiger partial charge in [-0.05, 0) is 40.2 Å². The van der Waals surface area contributed by atoms with Crippen molar-refractivity contribution in [3.63, 3.8) is 0 Å². The molecule has 0 heterocycles. The molecule has 0 aromatic heterocycles. The van der Waals surface area contributed by atoms with Gasteiger partial charge in [0.2, 0.25) is 5.91 Å². The normalized spacial score (nSPS) is 12.6. The van der Waals surface area contributed by atoms with Crippen molar-refractivity contribution < 1.29 is 14.3 Å². The number of carbonyl (C=O) groups excluding carboxylic acids is 2. The molecule has 1 aromatic carbocycles. The third-order valence-corrected chi connectivity index (χ3v) is 3.37. The summed E-state index contributed by atoms with van der Waals surface area (Å²) in [6.45, 7) is 10.0. The van der Waals surface area contributed by atoms with E-state index in [1.54, 1.807) is 4.90 Å². The summed E-state index contributed by atoms with van der Waals surface area (Å²) in [5.41, 5.74) is 0.581. The van der Waals surface area contributed by atoms with Crippen LogP contribution in [-0.4, -0.2) is 28.9 Å². The van der Waals surface area contributed by atoms with Crippen molar-refractivity contribution in [3.05, 3.63) is 35.9 Å². The number of ether oxygens (including phenoxy) is 1. The molecule has 0 spiro atoms. The lowest BCUT2D eigenvalue weighted by atomic mass is 10.1. The number of esters is 1. The fourth-order valence-corrected chi connectivity index (χ4v) is 2.32. The van der Waals surface area contributed by atoms with E-state index in [1.807, 2.05) is 65.0 Å². The van der Waals surface area contributed by atoms with E-state index in [0.29, 0.717) is 6.54 Å². The van der Waals surface area contributed by atoms with Crippen LogP contribution >= 0.6 is 0 Å². The molecule has 1 rings (SSSR count). The quantitative estimate of drug-likeness (QED) is 0.753. The minimum Gasteiger partial charge on any atom is -0.460 e. The minimum absolute atomic E-state index is 0.00247. The van der Waals surface area contributed by atoms with Crippen molar-refractivity contribution in [2.45, 2.75) is 59.1 Å². The second-order valence-corrected chi connectivity index (χ2v) is 6.35. The second-order valence-electron chi connectivity index (χ2n) is 6.35. The van der Waals surface area contributed by atoms with Gasteiger partial charge in [0.15, 0.2) is 0 Å². The number of hydrogen-bond donors (Lipinski definition) is 0. The van der Waals surface area contributed by atoms with Gasteiger partial charge >= 0.3 is 5.97 Å². The van der Waals surface area contributed by atoms with E-state index in [4.69, 9.17) is 4.74 Å². The molecule has 0 saturated carbocycles. The molecule has 4 heteroatoms. The van der Waals surface area contributed by atoms with Crippen molar-refractivity contribution in [1.29, 1.82) is 0 Å². The Kier molecular flexibility index (Phi) is 6.60. The summed E-state index contributed by atoms with van der Waals surface area (Å²) in [6.07, 6.45) is 0.300. The van der Waals surface area contributed by atoms with Gasteiger partial charge in [0.1, 0.15) is 5.60 Å². The Balaban J connectivity index is 2.60. The van der Waals surface area contributed by atoms with Crippen molar-refractivity contribution >= 4 is 11.9 Å². The van der Waals surface area contributed by atoms with E-state index < -0.39 is 5.60 Å². The van der Waals surface area contributed by atoms with E-state index in [1.165, 1.54) is 0 Å². The van der Waals surface area contributed by atoms with Gasteiger partial charge in [-0.1, -0.05) is 30.3 Å². The predicted octanol–water partition coefficient (Wildman–Crippen LogP) is 3.72. The number of carbonyl (C=O) groups is 2. The molecular weight excluding hydrogens is 278 g/mol. The summed E-state index contributed by atoms with van der Waals surface area (Å²) in [7, 11) is 0. The van der Waals surface area contributed by atoms with Crippen LogP contribution in [0.5, 0.6) is 0 Å². The molecule has 122 valence electrons. The fraction of sp³-hybridized carbons (Fsp3) is 0.556. The molecule has 0 N–H and O–H groups in total. The first kappa shape index (κ1) is 18.2. The van der Waals surface area contributed by atoms with Gasteiger partial charge in [-0.3, -0.25) is 9.59 Å². The van der Waals surface area contributed by atoms with Crippen LogP contribution in [0, 0.1) is 0 Å². The van der Waals surface area contributed by atoms with Gasteiger partial charge in [0, 0.05) is 13.0 Å². The fourth-order valence-electron chi connectivity index (χ4n) is 2.32. The lowest BCUT2D eigenvalue weighted by molar-refractivity contribution is -0.156. The predicted molar refractivity (Wildman–Crippen MR) is 87.3 cm³/mol. The first-order chi connectivity index (χ1) is 10.2. The molecule has 4 nitrogen and oxygen atoms in total. The molecule has 1 atom stereocenters. The van der Waals surface area contributed by atoms with E-state index in [2.05, 4.69) is 0 Å². The van der Waals surface area contributed by atoms with Gasteiger partial charge < -0.3 is 9.64 Å². The van der Waals surface area contributed by atoms with Gasteiger partial charge in [0.05, 0.1) is 12.5 Å². The highest BCUT2D eigenvalue weighted by Crippen LogP contribution is 2.21. The molecule has 1 amide bonds. The Morgan fingerprint density at radius 3 is 2.23 bits per heavy atom. The van der Waals surface area contributed by atoms with Crippen LogP contribution in [0.15, 0.2) is 30.3 Å². The number of amides is 1. The van der Waals surface area contributed by atoms with Crippen LogP contribution in [0.25, 0.3) is 0 Å². The van der Waals surface area contributed by atoms with Crippen molar-refractivity contribution in [3.8, 4) is 0 Å². The van der Waals surface area contributed by atoms with Gasteiger partial charge in [0.25, 0.3) is 0 Å². The van der Waals surface area contributed by atoms with E-state index in [-0.39, 0.29) is 30.8 Å². The largest absolute Gasteiger partial charge is 0.460 e. The average molecular weight is 305 g/mol. The highest BCUT2D eigenvalue weighted by molar-refractivity contribution is 5.81. The Morgan fingerprint density at radius 2 is 1.73 bits per heavy atom. The minimum atomic E-state index is -0.512. The van der Waals surface area contributed by atoms with Crippen LogP contribution in [0.2, 0.25) is 0 Å². The molecular formula is C18H27NO3. The Bertz CT molecular complexity index is 491. The molecule has 1 aromatic rings. The summed E-state index contributed by atoms with van der Waals surface area (Å²) in [5, 5.41) is 0. The molecule has 0 unspecified atom stereocenters. The summed E-state index contributed by atoms with van der Waals surface area (Å²) < 4.78 is 5.24. The third-order valence-electron chi connectivity index (χ3n) is 3.37. The van der Waals surface area contributed by atoms with Crippen LogP contribution in [0.1, 0.15) is 59.1 Å². The molecule has 0 radical (unpaired) electrons. The third kappa shape index (κ3) is 5.88. The highest BCUT2D eigenvalue weighted by atomic mass is 16.6. The number of hydrogen-bond acceptors (Lipinski definition) is 3. The van der Waals surface area contributed by atoms with Crippen LogP contribution in [-0.2, 0) is 14.3 Å². The molecule has 0 bridgehead atoms. The first-order valence-electron chi connectivity index (χ1n) is 7.81. The molecule has 0 aliphatic rings. The summed E-state index contributed by atoms with van der Waals surface area (Å²) in [4.78, 5) is 25.9. The lowest BCUT2D eigenvalue weighted by Crippen LogP contribution is -2.34. The summed E-state index contributed by atoms with van der Waals surface area (Å²) >= 11 is 0. The number of nitrogens with zero attached hydrogens (tertiary/aromatic N) is 1. The Labute approximate surface area is 133 Å². The number of benzene rings is 1. The summed E-state index contributed by atoms with van der Waals surface area (Å²) in [6, 6.07) is 9.90. The van der Waals surface area contributed by atoms with Gasteiger partial charge in [-0.15, -0.1) is 0 Å². The van der Waals surface area contributed by atoms with Crippen molar-refractivity contribution in [2.75, 3.05) is 6.54 Å². The lowest BCUT2D eigenvalue weighted by Gasteiger charge is -2.28. The van der Waals surface area contributed by atoms with Crippen LogP contribution in [0.4, 0.5) is 0 Å². The van der Waals surface area contributed by atoms with Gasteiger partial charge in [-0.25, -0.2) is 0 Å². The standard InChI is InChI=1S/C18H27NO3/c1-6-19(14(2)15-10-8-7-9-11-15)16(20)12-13-17(21)22-18(3,4)5/h7-11,14H,6,12-13H2,1-5H3/t14-/m1/s1. The molecule has 0 fully saturated rings. The highest BCUT2D eigenvalue weighted by Gasteiger charge is 2.22. The first-order valence-corrected chi connectivity index (χ1v) is 7.81. The average Bonchev–Trinajstić information content (AvgIpc) is 2.45. The SMILES string of the molecule is CCN(C(=O)CCC(=O)OC(C)(C)C)[C@H](C)c1ccccc1. The maximum Gasteiger partial charge on any atom is 0.306 e.